The van der Waals surface area contributed by atoms with Crippen molar-refractivity contribution in [2.45, 2.75) is 6.92 Å². The van der Waals surface area contributed by atoms with Crippen molar-refractivity contribution in [3.05, 3.63) is 53.9 Å². The van der Waals surface area contributed by atoms with E-state index in [4.69, 9.17) is 5.11 Å². The number of carboxylic acid groups (broad SMARTS) is 1. The van der Waals surface area contributed by atoms with Gasteiger partial charge in [0.2, 0.25) is 0 Å². The van der Waals surface area contributed by atoms with Crippen LogP contribution in [0.25, 0.3) is 5.69 Å². The van der Waals surface area contributed by atoms with Crippen LogP contribution < -0.4 is 0 Å². The van der Waals surface area contributed by atoms with E-state index in [1.165, 1.54) is 0 Å². The smallest absolute Gasteiger partial charge is 0.338 e. The van der Waals surface area contributed by atoms with E-state index in [2.05, 4.69) is 0 Å². The predicted octanol–water partition coefficient (Wildman–Crippen LogP) is 2.48. The van der Waals surface area contributed by atoms with Gasteiger partial charge in [0.1, 0.15) is 0 Å². The highest BCUT2D eigenvalue weighted by Crippen LogP contribution is 2.18. The molecular formula is C12H11NO2. The number of rotatable bonds is 2. The lowest BCUT2D eigenvalue weighted by atomic mass is 10.1. The maximum Gasteiger partial charge on any atom is 0.338 e. The van der Waals surface area contributed by atoms with Crippen LogP contribution in [0.15, 0.2) is 42.7 Å². The van der Waals surface area contributed by atoms with E-state index in [0.29, 0.717) is 11.3 Å². The number of carboxylic acids is 1. The summed E-state index contributed by atoms with van der Waals surface area (Å²) >= 11 is 0. The summed E-state index contributed by atoms with van der Waals surface area (Å²) in [5.41, 5.74) is 1.83. The number of nitrogens with zero attached hydrogens (tertiary/aromatic N) is 1. The van der Waals surface area contributed by atoms with Gasteiger partial charge in [-0.15, -0.1) is 0 Å². The Morgan fingerprint density at radius 3 is 2.47 bits per heavy atom. The maximum atomic E-state index is 11.1. The summed E-state index contributed by atoms with van der Waals surface area (Å²) < 4.78 is 1.80. The maximum absolute atomic E-state index is 11.1. The number of benzene rings is 1. The number of aromatic carboxylic acids is 1. The Hall–Kier alpha value is -2.03. The average molecular weight is 201 g/mol. The standard InChI is InChI=1S/C12H11NO2/c1-9-5-4-6-10(11(9)12(14)15)13-7-2-3-8-13/h2-8H,1H3,(H,14,15). The topological polar surface area (TPSA) is 42.2 Å². The molecule has 0 amide bonds. The van der Waals surface area contributed by atoms with Crippen LogP contribution in [0.1, 0.15) is 15.9 Å². The van der Waals surface area contributed by atoms with Gasteiger partial charge in [0.25, 0.3) is 0 Å². The van der Waals surface area contributed by atoms with Crippen molar-refractivity contribution in [3.63, 3.8) is 0 Å². The lowest BCUT2D eigenvalue weighted by molar-refractivity contribution is 0.0696. The zero-order valence-corrected chi connectivity index (χ0v) is 8.34. The Balaban J connectivity index is 2.66. The molecule has 0 saturated carbocycles. The van der Waals surface area contributed by atoms with Crippen LogP contribution in [0, 0.1) is 6.92 Å². The third kappa shape index (κ3) is 1.64. The Kier molecular flexibility index (Phi) is 2.29. The minimum absolute atomic E-state index is 0.355. The van der Waals surface area contributed by atoms with Crippen molar-refractivity contribution < 1.29 is 9.90 Å². The fourth-order valence-corrected chi connectivity index (χ4v) is 1.64. The van der Waals surface area contributed by atoms with Crippen LogP contribution in [-0.4, -0.2) is 15.6 Å². The number of hydrogen-bond acceptors (Lipinski definition) is 1. The van der Waals surface area contributed by atoms with E-state index < -0.39 is 5.97 Å². The molecule has 0 atom stereocenters. The minimum Gasteiger partial charge on any atom is -0.478 e. The van der Waals surface area contributed by atoms with Gasteiger partial charge in [-0.3, -0.25) is 0 Å². The highest BCUT2D eigenvalue weighted by molar-refractivity contribution is 5.93. The Labute approximate surface area is 87.6 Å². The molecular weight excluding hydrogens is 190 g/mol. The first-order valence-electron chi connectivity index (χ1n) is 4.66. The van der Waals surface area contributed by atoms with Gasteiger partial charge < -0.3 is 9.67 Å². The van der Waals surface area contributed by atoms with Gasteiger partial charge in [-0.1, -0.05) is 12.1 Å². The molecule has 0 radical (unpaired) electrons. The molecule has 1 heterocycles. The molecule has 2 aromatic rings. The van der Waals surface area contributed by atoms with Crippen LogP contribution in [0.4, 0.5) is 0 Å². The van der Waals surface area contributed by atoms with Crippen LogP contribution in [0.3, 0.4) is 0 Å². The molecule has 76 valence electrons. The summed E-state index contributed by atoms with van der Waals surface area (Å²) in [4.78, 5) is 11.1. The highest BCUT2D eigenvalue weighted by Gasteiger charge is 2.13. The van der Waals surface area contributed by atoms with E-state index in [1.807, 2.05) is 30.6 Å². The number of aromatic nitrogens is 1. The number of aryl methyl sites for hydroxylation is 1. The van der Waals surface area contributed by atoms with Crippen molar-refractivity contribution >= 4 is 5.97 Å². The molecule has 3 heteroatoms. The summed E-state index contributed by atoms with van der Waals surface area (Å²) in [7, 11) is 0. The molecule has 0 aliphatic heterocycles. The molecule has 15 heavy (non-hydrogen) atoms. The van der Waals surface area contributed by atoms with Crippen molar-refractivity contribution in [2.75, 3.05) is 0 Å². The van der Waals surface area contributed by atoms with Gasteiger partial charge >= 0.3 is 5.97 Å². The van der Waals surface area contributed by atoms with E-state index in [0.717, 1.165) is 5.56 Å². The molecule has 0 aliphatic carbocycles. The molecule has 3 nitrogen and oxygen atoms in total. The minimum atomic E-state index is -0.892. The Morgan fingerprint density at radius 1 is 1.20 bits per heavy atom. The van der Waals surface area contributed by atoms with E-state index in [9.17, 15) is 4.79 Å². The normalized spacial score (nSPS) is 10.2. The molecule has 0 aliphatic rings. The summed E-state index contributed by atoms with van der Waals surface area (Å²) in [5, 5.41) is 9.13. The van der Waals surface area contributed by atoms with Crippen LogP contribution in [0.5, 0.6) is 0 Å². The van der Waals surface area contributed by atoms with E-state index >= 15 is 0 Å². The Morgan fingerprint density at radius 2 is 1.87 bits per heavy atom. The van der Waals surface area contributed by atoms with E-state index in [1.54, 1.807) is 23.6 Å². The molecule has 0 saturated heterocycles. The van der Waals surface area contributed by atoms with Gasteiger partial charge in [0.15, 0.2) is 0 Å². The van der Waals surface area contributed by atoms with Gasteiger partial charge in [0, 0.05) is 12.4 Å². The zero-order chi connectivity index (χ0) is 10.8. The average Bonchev–Trinajstić information content (AvgIpc) is 2.69. The largest absolute Gasteiger partial charge is 0.478 e. The molecule has 1 aromatic heterocycles. The molecule has 0 fully saturated rings. The molecule has 1 N–H and O–H groups in total. The zero-order valence-electron chi connectivity index (χ0n) is 8.34. The third-order valence-corrected chi connectivity index (χ3v) is 2.35. The molecule has 0 bridgehead atoms. The first-order chi connectivity index (χ1) is 7.20. The Bertz CT molecular complexity index is 486. The van der Waals surface area contributed by atoms with Crippen molar-refractivity contribution in [3.8, 4) is 5.69 Å². The van der Waals surface area contributed by atoms with Crippen molar-refractivity contribution in [1.82, 2.24) is 4.57 Å². The molecule has 2 rings (SSSR count). The second kappa shape index (κ2) is 3.61. The SMILES string of the molecule is Cc1cccc(-n2cccc2)c1C(=O)O. The van der Waals surface area contributed by atoms with Crippen molar-refractivity contribution in [1.29, 1.82) is 0 Å². The van der Waals surface area contributed by atoms with Gasteiger partial charge in [-0.25, -0.2) is 4.79 Å². The van der Waals surface area contributed by atoms with Gasteiger partial charge in [-0.05, 0) is 30.7 Å². The summed E-state index contributed by atoms with van der Waals surface area (Å²) in [5.74, 6) is -0.892. The predicted molar refractivity (Wildman–Crippen MR) is 57.5 cm³/mol. The van der Waals surface area contributed by atoms with Crippen LogP contribution >= 0.6 is 0 Å². The van der Waals surface area contributed by atoms with Crippen molar-refractivity contribution in [2.24, 2.45) is 0 Å². The number of carbonyl (C=O) groups is 1. The van der Waals surface area contributed by atoms with Crippen LogP contribution in [0.2, 0.25) is 0 Å². The van der Waals surface area contributed by atoms with Gasteiger partial charge in [0.05, 0.1) is 11.3 Å². The molecule has 1 aromatic carbocycles. The third-order valence-electron chi connectivity index (χ3n) is 2.35. The summed E-state index contributed by atoms with van der Waals surface area (Å²) in [6, 6.07) is 9.20. The molecule has 0 spiro atoms. The highest BCUT2D eigenvalue weighted by atomic mass is 16.4. The molecule has 0 unspecified atom stereocenters. The second-order valence-electron chi connectivity index (χ2n) is 3.36. The lowest BCUT2D eigenvalue weighted by Gasteiger charge is -2.09. The first kappa shape index (κ1) is 9.52. The van der Waals surface area contributed by atoms with Crippen LogP contribution in [-0.2, 0) is 0 Å². The lowest BCUT2D eigenvalue weighted by Crippen LogP contribution is -2.06. The first-order valence-corrected chi connectivity index (χ1v) is 4.66. The monoisotopic (exact) mass is 201 g/mol. The number of hydrogen-bond donors (Lipinski definition) is 1. The van der Waals surface area contributed by atoms with E-state index in [-0.39, 0.29) is 0 Å². The second-order valence-corrected chi connectivity index (χ2v) is 3.36. The summed E-state index contributed by atoms with van der Waals surface area (Å²) in [6.07, 6.45) is 3.67. The fourth-order valence-electron chi connectivity index (χ4n) is 1.64. The fraction of sp³-hybridized carbons (Fsp3) is 0.0833. The quantitative estimate of drug-likeness (QED) is 0.811. The van der Waals surface area contributed by atoms with Gasteiger partial charge in [-0.2, -0.15) is 0 Å². The summed E-state index contributed by atoms with van der Waals surface area (Å²) in [6.45, 7) is 1.80.